The molecular weight excluding hydrogens is 344 g/mol. The third-order valence-electron chi connectivity index (χ3n) is 6.92. The van der Waals surface area contributed by atoms with Crippen molar-refractivity contribution in [3.05, 3.63) is 65.7 Å². The zero-order chi connectivity index (χ0) is 19.3. The molecule has 2 fully saturated rings. The summed E-state index contributed by atoms with van der Waals surface area (Å²) in [6.45, 7) is 2.27. The van der Waals surface area contributed by atoms with Gasteiger partial charge < -0.3 is 4.74 Å². The van der Waals surface area contributed by atoms with Crippen LogP contribution in [0.25, 0.3) is 0 Å². The van der Waals surface area contributed by atoms with Gasteiger partial charge in [-0.05, 0) is 92.4 Å². The molecule has 0 spiro atoms. The normalized spacial score (nSPS) is 27.9. The molecule has 28 heavy (non-hydrogen) atoms. The van der Waals surface area contributed by atoms with Crippen molar-refractivity contribution in [1.82, 2.24) is 0 Å². The lowest BCUT2D eigenvalue weighted by Gasteiger charge is -2.29. The van der Waals surface area contributed by atoms with Crippen LogP contribution in [-0.2, 0) is 4.79 Å². The Labute approximate surface area is 169 Å². The van der Waals surface area contributed by atoms with Crippen LogP contribution >= 0.6 is 0 Å². The summed E-state index contributed by atoms with van der Waals surface area (Å²) in [5.41, 5.74) is 2.87. The fourth-order valence-electron chi connectivity index (χ4n) is 4.99. The average Bonchev–Trinajstić information content (AvgIpc) is 2.75. The van der Waals surface area contributed by atoms with Crippen molar-refractivity contribution in [3.8, 4) is 5.75 Å². The van der Waals surface area contributed by atoms with E-state index in [4.69, 9.17) is 4.74 Å². The molecule has 0 amide bonds. The Kier molecular flexibility index (Phi) is 6.14. The van der Waals surface area contributed by atoms with Crippen molar-refractivity contribution in [3.63, 3.8) is 0 Å². The summed E-state index contributed by atoms with van der Waals surface area (Å²) in [7, 11) is 0. The maximum Gasteiger partial charge on any atom is 0.314 e. The SMILES string of the molecule is CC1CCC(C(=O)Oc2ccc(C3CCC(c4ccccc4)CC3)cc2)CC1. The molecule has 2 aliphatic carbocycles. The Morgan fingerprint density at radius 2 is 1.25 bits per heavy atom. The Morgan fingerprint density at radius 1 is 0.714 bits per heavy atom. The molecule has 0 saturated heterocycles. The molecule has 2 heteroatoms. The van der Waals surface area contributed by atoms with E-state index in [1.165, 1.54) is 36.8 Å². The lowest BCUT2D eigenvalue weighted by molar-refractivity contribution is -0.140. The highest BCUT2D eigenvalue weighted by Crippen LogP contribution is 2.40. The number of carbonyl (C=O) groups excluding carboxylic acids is 1. The largest absolute Gasteiger partial charge is 0.426 e. The van der Waals surface area contributed by atoms with Gasteiger partial charge in [0.2, 0.25) is 0 Å². The summed E-state index contributed by atoms with van der Waals surface area (Å²) in [6.07, 6.45) is 9.22. The van der Waals surface area contributed by atoms with Crippen LogP contribution in [0.4, 0.5) is 0 Å². The molecule has 0 heterocycles. The molecule has 0 N–H and O–H groups in total. The lowest BCUT2D eigenvalue weighted by atomic mass is 9.76. The molecular formula is C26H32O2. The van der Waals surface area contributed by atoms with Crippen molar-refractivity contribution in [2.24, 2.45) is 11.8 Å². The van der Waals surface area contributed by atoms with Gasteiger partial charge in [0.1, 0.15) is 5.75 Å². The number of ether oxygens (including phenoxy) is 1. The fourth-order valence-corrected chi connectivity index (χ4v) is 4.99. The van der Waals surface area contributed by atoms with E-state index in [9.17, 15) is 4.79 Å². The molecule has 2 aromatic carbocycles. The lowest BCUT2D eigenvalue weighted by Crippen LogP contribution is -2.24. The summed E-state index contributed by atoms with van der Waals surface area (Å²) < 4.78 is 5.67. The zero-order valence-corrected chi connectivity index (χ0v) is 17.0. The van der Waals surface area contributed by atoms with E-state index >= 15 is 0 Å². The van der Waals surface area contributed by atoms with Crippen molar-refractivity contribution >= 4 is 5.97 Å². The van der Waals surface area contributed by atoms with Crippen molar-refractivity contribution < 1.29 is 9.53 Å². The average molecular weight is 377 g/mol. The molecule has 0 bridgehead atoms. The highest BCUT2D eigenvalue weighted by molar-refractivity contribution is 5.75. The van der Waals surface area contributed by atoms with Gasteiger partial charge in [0.05, 0.1) is 5.92 Å². The molecule has 0 aliphatic heterocycles. The third kappa shape index (κ3) is 4.66. The summed E-state index contributed by atoms with van der Waals surface area (Å²) in [4.78, 5) is 12.4. The number of hydrogen-bond acceptors (Lipinski definition) is 2. The standard InChI is InChI=1S/C26H32O2/c1-19-7-9-24(10-8-19)26(27)28-25-17-15-23(16-18-25)22-13-11-21(12-14-22)20-5-3-2-4-6-20/h2-6,15-19,21-22,24H,7-14H2,1H3. The maximum absolute atomic E-state index is 12.4. The van der Waals surface area contributed by atoms with Crippen LogP contribution in [0, 0.1) is 11.8 Å². The Morgan fingerprint density at radius 3 is 1.82 bits per heavy atom. The first-order chi connectivity index (χ1) is 13.7. The molecule has 0 unspecified atom stereocenters. The number of carbonyl (C=O) groups is 1. The molecule has 0 atom stereocenters. The minimum Gasteiger partial charge on any atom is -0.426 e. The second kappa shape index (κ2) is 8.94. The van der Waals surface area contributed by atoms with Crippen molar-refractivity contribution in [2.45, 2.75) is 70.1 Å². The first-order valence-electron chi connectivity index (χ1n) is 11.1. The highest BCUT2D eigenvalue weighted by Gasteiger charge is 2.26. The van der Waals surface area contributed by atoms with Gasteiger partial charge >= 0.3 is 5.97 Å². The van der Waals surface area contributed by atoms with Crippen LogP contribution in [0.2, 0.25) is 0 Å². The second-order valence-corrected chi connectivity index (χ2v) is 8.91. The van der Waals surface area contributed by atoms with E-state index in [1.54, 1.807) is 0 Å². The molecule has 0 radical (unpaired) electrons. The van der Waals surface area contributed by atoms with Gasteiger partial charge in [-0.3, -0.25) is 4.79 Å². The monoisotopic (exact) mass is 376 g/mol. The Bertz CT molecular complexity index is 749. The minimum atomic E-state index is -0.0389. The Hall–Kier alpha value is -2.09. The van der Waals surface area contributed by atoms with E-state index in [-0.39, 0.29) is 11.9 Å². The molecule has 0 aromatic heterocycles. The second-order valence-electron chi connectivity index (χ2n) is 8.91. The number of hydrogen-bond donors (Lipinski definition) is 0. The van der Waals surface area contributed by atoms with Gasteiger partial charge in [-0.2, -0.15) is 0 Å². The quantitative estimate of drug-likeness (QED) is 0.430. The molecule has 2 saturated carbocycles. The van der Waals surface area contributed by atoms with Gasteiger partial charge in [0.25, 0.3) is 0 Å². The summed E-state index contributed by atoms with van der Waals surface area (Å²) >= 11 is 0. The molecule has 2 aliphatic rings. The van der Waals surface area contributed by atoms with Crippen LogP contribution < -0.4 is 4.74 Å². The predicted molar refractivity (Wildman–Crippen MR) is 114 cm³/mol. The van der Waals surface area contributed by atoms with E-state index < -0.39 is 0 Å². The predicted octanol–water partition coefficient (Wildman–Crippen LogP) is 6.86. The van der Waals surface area contributed by atoms with E-state index in [1.807, 2.05) is 12.1 Å². The Balaban J connectivity index is 1.29. The summed E-state index contributed by atoms with van der Waals surface area (Å²) in [6, 6.07) is 19.2. The molecule has 2 aromatic rings. The smallest absolute Gasteiger partial charge is 0.314 e. The van der Waals surface area contributed by atoms with E-state index in [0.29, 0.717) is 17.6 Å². The third-order valence-corrected chi connectivity index (χ3v) is 6.92. The van der Waals surface area contributed by atoms with Crippen LogP contribution in [0.15, 0.2) is 54.6 Å². The molecule has 4 rings (SSSR count). The van der Waals surface area contributed by atoms with Gasteiger partial charge in [-0.25, -0.2) is 0 Å². The first-order valence-corrected chi connectivity index (χ1v) is 11.1. The van der Waals surface area contributed by atoms with E-state index in [0.717, 1.165) is 31.6 Å². The van der Waals surface area contributed by atoms with Crippen LogP contribution in [-0.4, -0.2) is 5.97 Å². The van der Waals surface area contributed by atoms with Crippen molar-refractivity contribution in [1.29, 1.82) is 0 Å². The van der Waals surface area contributed by atoms with Gasteiger partial charge in [-0.15, -0.1) is 0 Å². The van der Waals surface area contributed by atoms with Crippen LogP contribution in [0.5, 0.6) is 5.75 Å². The fraction of sp³-hybridized carbons (Fsp3) is 0.500. The number of benzene rings is 2. The number of esters is 1. The first kappa shape index (κ1) is 19.2. The molecule has 148 valence electrons. The highest BCUT2D eigenvalue weighted by atomic mass is 16.5. The summed E-state index contributed by atoms with van der Waals surface area (Å²) in [5.74, 6) is 2.83. The zero-order valence-electron chi connectivity index (χ0n) is 17.0. The van der Waals surface area contributed by atoms with Gasteiger partial charge in [0, 0.05) is 0 Å². The topological polar surface area (TPSA) is 26.3 Å². The van der Waals surface area contributed by atoms with Gasteiger partial charge in [0.15, 0.2) is 0 Å². The van der Waals surface area contributed by atoms with Crippen LogP contribution in [0.1, 0.15) is 81.3 Å². The molecule has 2 nitrogen and oxygen atoms in total. The van der Waals surface area contributed by atoms with Crippen molar-refractivity contribution in [2.75, 3.05) is 0 Å². The van der Waals surface area contributed by atoms with Crippen LogP contribution in [0.3, 0.4) is 0 Å². The number of rotatable bonds is 4. The maximum atomic E-state index is 12.4. The van der Waals surface area contributed by atoms with Gasteiger partial charge in [-0.1, -0.05) is 49.4 Å². The summed E-state index contributed by atoms with van der Waals surface area (Å²) in [5, 5.41) is 0. The minimum absolute atomic E-state index is 0.0389. The van der Waals surface area contributed by atoms with E-state index in [2.05, 4.69) is 49.4 Å².